The van der Waals surface area contributed by atoms with Crippen molar-refractivity contribution < 1.29 is 4.79 Å². The van der Waals surface area contributed by atoms with E-state index >= 15 is 0 Å². The molecule has 0 aromatic carbocycles. The fourth-order valence-electron chi connectivity index (χ4n) is 2.05. The molecule has 0 unspecified atom stereocenters. The third kappa shape index (κ3) is 7.78. The molecule has 0 atom stereocenters. The van der Waals surface area contributed by atoms with Crippen LogP contribution in [0.1, 0.15) is 38.2 Å². The summed E-state index contributed by atoms with van der Waals surface area (Å²) in [6.07, 6.45) is 10.8. The lowest BCUT2D eigenvalue weighted by Crippen LogP contribution is -2.16. The normalized spacial score (nSPS) is 14.1. The van der Waals surface area contributed by atoms with Crippen LogP contribution in [0.2, 0.25) is 5.28 Å². The summed E-state index contributed by atoms with van der Waals surface area (Å²) in [6, 6.07) is 0.537. The number of hydrogen-bond donors (Lipinski definition) is 2. The molecular weight excluding hydrogens is 288 g/mol. The van der Waals surface area contributed by atoms with Crippen LogP contribution in [0.4, 0.5) is 5.82 Å². The number of carbonyl (C=O) groups excluding carboxylic acids is 1. The minimum atomic E-state index is 0.300. The average molecular weight is 313 g/mol. The smallest absolute Gasteiger partial charge is 0.224 e. The van der Waals surface area contributed by atoms with Crippen molar-refractivity contribution >= 4 is 30.3 Å². The molecule has 0 spiro atoms. The summed E-state index contributed by atoms with van der Waals surface area (Å²) >= 11 is 5.82. The molecule has 1 fully saturated rings. The van der Waals surface area contributed by atoms with E-state index < -0.39 is 0 Å². The molecule has 0 amide bonds. The van der Waals surface area contributed by atoms with Gasteiger partial charge in [0.25, 0.3) is 0 Å². The third-order valence-corrected chi connectivity index (χ3v) is 3.01. The molecule has 0 saturated heterocycles. The molecule has 21 heavy (non-hydrogen) atoms. The summed E-state index contributed by atoms with van der Waals surface area (Å²) in [5.74, 6) is 0.852. The van der Waals surface area contributed by atoms with Gasteiger partial charge in [-0.2, -0.15) is 0 Å². The van der Waals surface area contributed by atoms with Crippen molar-refractivity contribution in [1.82, 2.24) is 15.3 Å². The summed E-state index contributed by atoms with van der Waals surface area (Å²) in [6.45, 7) is 3.98. The molecule has 1 aliphatic rings. The first-order valence-electron chi connectivity index (χ1n) is 7.00. The van der Waals surface area contributed by atoms with Crippen LogP contribution in [0.15, 0.2) is 12.3 Å². The van der Waals surface area contributed by atoms with Crippen LogP contribution in [-0.2, 0) is 4.79 Å². The van der Waals surface area contributed by atoms with Gasteiger partial charge in [-0.15, -0.1) is 0 Å². The molecule has 1 aliphatic carbocycles. The van der Waals surface area contributed by atoms with Gasteiger partial charge < -0.3 is 15.4 Å². The van der Waals surface area contributed by atoms with Gasteiger partial charge in [-0.05, 0) is 45.5 Å². The largest absolute Gasteiger partial charge is 0.367 e. The van der Waals surface area contributed by atoms with Crippen molar-refractivity contribution in [3.05, 3.63) is 23.1 Å². The molecule has 6 heteroatoms. The highest BCUT2D eigenvalue weighted by Crippen LogP contribution is 2.24. The highest BCUT2D eigenvalue weighted by molar-refractivity contribution is 6.28. The Hall–Kier alpha value is -1.46. The Balaban J connectivity index is 0.000000713. The van der Waals surface area contributed by atoms with E-state index in [4.69, 9.17) is 16.4 Å². The number of halogens is 1. The van der Waals surface area contributed by atoms with Gasteiger partial charge in [0.15, 0.2) is 0 Å². The van der Waals surface area contributed by atoms with Crippen molar-refractivity contribution in [2.45, 2.75) is 38.6 Å². The summed E-state index contributed by atoms with van der Waals surface area (Å²) in [7, 11) is 3.75. The Kier molecular flexibility index (Phi) is 11.4. The fourth-order valence-corrected chi connectivity index (χ4v) is 2.18. The van der Waals surface area contributed by atoms with E-state index in [1.54, 1.807) is 6.20 Å². The highest BCUT2D eigenvalue weighted by atomic mass is 35.5. The van der Waals surface area contributed by atoms with Crippen LogP contribution in [0.5, 0.6) is 0 Å². The zero-order valence-corrected chi connectivity index (χ0v) is 13.8. The minimum absolute atomic E-state index is 0.300. The van der Waals surface area contributed by atoms with E-state index in [0.29, 0.717) is 11.3 Å². The molecule has 2 rings (SSSR count). The maximum Gasteiger partial charge on any atom is 0.224 e. The first-order chi connectivity index (χ1) is 10.2. The van der Waals surface area contributed by atoms with E-state index in [1.807, 2.05) is 40.0 Å². The van der Waals surface area contributed by atoms with E-state index in [2.05, 4.69) is 20.6 Å². The first kappa shape index (κ1) is 19.5. The topological polar surface area (TPSA) is 66.9 Å². The van der Waals surface area contributed by atoms with Crippen LogP contribution in [0.25, 0.3) is 6.08 Å². The molecule has 1 aromatic rings. The van der Waals surface area contributed by atoms with Crippen LogP contribution in [0.3, 0.4) is 0 Å². The lowest BCUT2D eigenvalue weighted by molar-refractivity contribution is -0.0979. The average Bonchev–Trinajstić information content (AvgIpc) is 2.98. The van der Waals surface area contributed by atoms with Crippen LogP contribution in [-0.4, -0.2) is 36.9 Å². The predicted octanol–water partition coefficient (Wildman–Crippen LogP) is 3.17. The molecule has 0 radical (unpaired) electrons. The molecule has 1 heterocycles. The number of nitrogens with zero attached hydrogens (tertiary/aromatic N) is 2. The number of rotatable bonds is 3. The minimum Gasteiger partial charge on any atom is -0.367 e. The van der Waals surface area contributed by atoms with Crippen LogP contribution in [0, 0.1) is 0 Å². The van der Waals surface area contributed by atoms with Gasteiger partial charge in [0.2, 0.25) is 5.28 Å². The van der Waals surface area contributed by atoms with Gasteiger partial charge in [-0.3, -0.25) is 0 Å². The van der Waals surface area contributed by atoms with E-state index in [9.17, 15) is 0 Å². The molecule has 118 valence electrons. The molecule has 1 saturated carbocycles. The zero-order valence-electron chi connectivity index (χ0n) is 13.0. The highest BCUT2D eigenvalue weighted by Gasteiger charge is 2.16. The summed E-state index contributed by atoms with van der Waals surface area (Å²) in [4.78, 5) is 16.2. The monoisotopic (exact) mass is 312 g/mol. The number of anilines is 1. The number of hydrogen-bond acceptors (Lipinski definition) is 5. The number of nitrogens with one attached hydrogen (secondary N) is 2. The second kappa shape index (κ2) is 12.3. The molecule has 5 nitrogen and oxygen atoms in total. The Morgan fingerprint density at radius 1 is 1.33 bits per heavy atom. The maximum absolute atomic E-state index is 8.00. The molecule has 1 aromatic heterocycles. The second-order valence-electron chi connectivity index (χ2n) is 4.57. The maximum atomic E-state index is 8.00. The number of carbonyl (C=O) groups is 1. The quantitative estimate of drug-likeness (QED) is 0.839. The van der Waals surface area contributed by atoms with Gasteiger partial charge in [-0.25, -0.2) is 9.97 Å². The predicted molar refractivity (Wildman–Crippen MR) is 89.7 cm³/mol. The van der Waals surface area contributed by atoms with E-state index in [0.717, 1.165) is 11.4 Å². The Bertz CT molecular complexity index is 420. The zero-order chi connectivity index (χ0) is 16.1. The Morgan fingerprint density at radius 3 is 2.43 bits per heavy atom. The van der Waals surface area contributed by atoms with Gasteiger partial charge >= 0.3 is 0 Å². The lowest BCUT2D eigenvalue weighted by atomic mass is 10.2. The van der Waals surface area contributed by atoms with Crippen molar-refractivity contribution in [3.8, 4) is 0 Å². The van der Waals surface area contributed by atoms with Crippen LogP contribution < -0.4 is 10.6 Å². The lowest BCUT2D eigenvalue weighted by Gasteiger charge is -2.14. The molecular formula is C15H25ClN4O. The standard InChI is InChI=1S/C12H16ClN3.C2H7N.CH2O/c1-2-5-9-8-14-12(13)16-11(9)15-10-6-3-4-7-10;1-3-2;1-2/h2,5,8,10H,3-4,6-7H2,1H3,(H,14,15,16);3H,1-2H3;1H2/b5-2+;;. The summed E-state index contributed by atoms with van der Waals surface area (Å²) in [5, 5.41) is 6.50. The summed E-state index contributed by atoms with van der Waals surface area (Å²) in [5.41, 5.74) is 0.999. The molecule has 0 aliphatic heterocycles. The SMILES string of the molecule is C/C=C/c1cnc(Cl)nc1NC1CCCC1.C=O.CNC. The number of allylic oxidation sites excluding steroid dienone is 1. The van der Waals surface area contributed by atoms with Crippen molar-refractivity contribution in [2.24, 2.45) is 0 Å². The first-order valence-corrected chi connectivity index (χ1v) is 7.38. The Morgan fingerprint density at radius 2 is 1.90 bits per heavy atom. The van der Waals surface area contributed by atoms with E-state index in [1.165, 1.54) is 25.7 Å². The van der Waals surface area contributed by atoms with Gasteiger partial charge in [0.05, 0.1) is 0 Å². The van der Waals surface area contributed by atoms with Gasteiger partial charge in [-0.1, -0.05) is 25.0 Å². The van der Waals surface area contributed by atoms with Gasteiger partial charge in [0, 0.05) is 17.8 Å². The molecule has 0 bridgehead atoms. The van der Waals surface area contributed by atoms with E-state index in [-0.39, 0.29) is 0 Å². The second-order valence-corrected chi connectivity index (χ2v) is 4.91. The third-order valence-electron chi connectivity index (χ3n) is 2.83. The Labute approximate surface area is 132 Å². The summed E-state index contributed by atoms with van der Waals surface area (Å²) < 4.78 is 0. The van der Waals surface area contributed by atoms with Gasteiger partial charge in [0.1, 0.15) is 12.6 Å². The van der Waals surface area contributed by atoms with Crippen LogP contribution >= 0.6 is 11.6 Å². The van der Waals surface area contributed by atoms with Crippen molar-refractivity contribution in [2.75, 3.05) is 19.4 Å². The van der Waals surface area contributed by atoms with Crippen molar-refractivity contribution in [3.63, 3.8) is 0 Å². The molecule has 2 N–H and O–H groups in total. The van der Waals surface area contributed by atoms with Crippen molar-refractivity contribution in [1.29, 1.82) is 0 Å². The number of aromatic nitrogens is 2. The fraction of sp³-hybridized carbons (Fsp3) is 0.533.